The first-order chi connectivity index (χ1) is 25.3. The third kappa shape index (κ3) is 8.38. The van der Waals surface area contributed by atoms with Gasteiger partial charge in [-0.25, -0.2) is 9.18 Å². The summed E-state index contributed by atoms with van der Waals surface area (Å²) in [6.45, 7) is 8.46. The second kappa shape index (κ2) is 16.1. The Morgan fingerprint density at radius 2 is 1.77 bits per heavy atom. The summed E-state index contributed by atoms with van der Waals surface area (Å²) in [5.74, 6) is -1.04. The molecule has 0 saturated heterocycles. The summed E-state index contributed by atoms with van der Waals surface area (Å²) < 4.78 is 15.0. The zero-order chi connectivity index (χ0) is 37.9. The molecule has 1 fully saturated rings. The lowest BCUT2D eigenvalue weighted by atomic mass is 9.64. The number of hydrogen-bond donors (Lipinski definition) is 3. The summed E-state index contributed by atoms with van der Waals surface area (Å²) in [6, 6.07) is 24.1. The van der Waals surface area contributed by atoms with Gasteiger partial charge < -0.3 is 20.4 Å². The van der Waals surface area contributed by atoms with Crippen LogP contribution in [0.3, 0.4) is 0 Å². The number of amides is 2. The van der Waals surface area contributed by atoms with E-state index in [9.17, 15) is 24.2 Å². The van der Waals surface area contributed by atoms with Crippen molar-refractivity contribution >= 4 is 34.2 Å². The van der Waals surface area contributed by atoms with Crippen molar-refractivity contribution in [2.75, 3.05) is 6.54 Å². The third-order valence-electron chi connectivity index (χ3n) is 11.8. The number of allylic oxidation sites excluding steroid dienone is 2. The molecule has 0 spiro atoms. The Morgan fingerprint density at radius 3 is 2.55 bits per heavy atom. The van der Waals surface area contributed by atoms with Gasteiger partial charge in [-0.2, -0.15) is 0 Å². The number of urea groups is 1. The molecule has 2 bridgehead atoms. The van der Waals surface area contributed by atoms with Crippen LogP contribution in [0, 0.1) is 11.2 Å². The van der Waals surface area contributed by atoms with E-state index in [4.69, 9.17) is 11.6 Å². The Hall–Kier alpha value is -4.04. The lowest BCUT2D eigenvalue weighted by Crippen LogP contribution is -2.55. The largest absolute Gasteiger partial charge is 0.393 e. The molecule has 0 radical (unpaired) electrons. The van der Waals surface area contributed by atoms with Crippen LogP contribution in [0.25, 0.3) is 10.8 Å². The van der Waals surface area contributed by atoms with Crippen molar-refractivity contribution in [1.29, 1.82) is 0 Å². The fourth-order valence-electron chi connectivity index (χ4n) is 8.69. The quantitative estimate of drug-likeness (QED) is 0.124. The van der Waals surface area contributed by atoms with E-state index in [0.29, 0.717) is 50.6 Å². The second-order valence-electron chi connectivity index (χ2n) is 15.8. The number of halogens is 2. The first kappa shape index (κ1) is 38.7. The van der Waals surface area contributed by atoms with Crippen molar-refractivity contribution in [2.45, 2.75) is 109 Å². The van der Waals surface area contributed by atoms with E-state index < -0.39 is 22.9 Å². The van der Waals surface area contributed by atoms with Crippen molar-refractivity contribution in [3.05, 3.63) is 129 Å². The van der Waals surface area contributed by atoms with Crippen molar-refractivity contribution in [1.82, 2.24) is 10.2 Å². The topological polar surface area (TPSA) is 89.9 Å². The number of hydrogen-bond acceptors (Lipinski definition) is 4. The number of aliphatic hydroxyl groups excluding tert-OH is 1. The summed E-state index contributed by atoms with van der Waals surface area (Å²) in [5.41, 5.74) is 2.35. The Labute approximate surface area is 318 Å². The van der Waals surface area contributed by atoms with Crippen LogP contribution in [0.5, 0.6) is 0 Å². The highest BCUT2D eigenvalue weighted by molar-refractivity contribution is 6.31. The van der Waals surface area contributed by atoms with E-state index in [2.05, 4.69) is 43.4 Å². The zero-order valence-corrected chi connectivity index (χ0v) is 32.1. The van der Waals surface area contributed by atoms with E-state index in [1.54, 1.807) is 11.0 Å². The van der Waals surface area contributed by atoms with Crippen LogP contribution in [0.4, 0.5) is 9.18 Å². The van der Waals surface area contributed by atoms with Gasteiger partial charge in [-0.1, -0.05) is 90.8 Å². The number of nitrogens with zero attached hydrogens (tertiary/aromatic N) is 1. The summed E-state index contributed by atoms with van der Waals surface area (Å²) >= 11 is 6.40. The SMILES string of the molecule is CC1=CCCC2(C)C(CCC2(O)CN(Cc2cccc3ccccc23)C(=O)NC(C)C)c2ccc(cc2C(=O)Cc2c(F)cccc2Cl)CC(O)CC1. The minimum atomic E-state index is -1.31. The van der Waals surface area contributed by atoms with Crippen LogP contribution in [-0.4, -0.2) is 51.2 Å². The minimum absolute atomic E-state index is 0.100. The second-order valence-corrected chi connectivity index (χ2v) is 16.3. The van der Waals surface area contributed by atoms with Gasteiger partial charge in [0.25, 0.3) is 0 Å². The first-order valence-electron chi connectivity index (χ1n) is 18.9. The van der Waals surface area contributed by atoms with Gasteiger partial charge in [0.05, 0.1) is 18.2 Å². The molecule has 4 unspecified atom stereocenters. The van der Waals surface area contributed by atoms with Crippen molar-refractivity contribution < 1.29 is 24.2 Å². The highest BCUT2D eigenvalue weighted by Gasteiger charge is 2.57. The Kier molecular flexibility index (Phi) is 11.8. The fraction of sp³-hybridized carbons (Fsp3) is 0.422. The molecule has 3 aliphatic carbocycles. The molecule has 0 heterocycles. The maximum atomic E-state index is 15.0. The van der Waals surface area contributed by atoms with Crippen LogP contribution < -0.4 is 5.32 Å². The molecular weight excluding hydrogens is 687 g/mol. The van der Waals surface area contributed by atoms with Gasteiger partial charge in [0.2, 0.25) is 0 Å². The number of Topliss-reactive ketones (excluding diaryl/α,β-unsaturated/α-hetero) is 1. The first-order valence-corrected chi connectivity index (χ1v) is 19.3. The molecule has 8 heteroatoms. The number of rotatable bonds is 8. The van der Waals surface area contributed by atoms with Gasteiger partial charge in [0.1, 0.15) is 5.82 Å². The summed E-state index contributed by atoms with van der Waals surface area (Å²) in [6.07, 6.45) is 5.41. The van der Waals surface area contributed by atoms with E-state index in [0.717, 1.165) is 33.9 Å². The molecule has 280 valence electrons. The van der Waals surface area contributed by atoms with Crippen LogP contribution >= 0.6 is 11.6 Å². The van der Waals surface area contributed by atoms with Gasteiger partial charge in [-0.05, 0) is 117 Å². The average molecular weight is 739 g/mol. The minimum Gasteiger partial charge on any atom is -0.393 e. The van der Waals surface area contributed by atoms with Gasteiger partial charge >= 0.3 is 6.03 Å². The number of benzene rings is 4. The highest BCUT2D eigenvalue weighted by Crippen LogP contribution is 2.59. The number of nitrogens with one attached hydrogen (secondary N) is 1. The third-order valence-corrected chi connectivity index (χ3v) is 12.1. The van der Waals surface area contributed by atoms with Gasteiger partial charge in [-0.15, -0.1) is 0 Å². The molecule has 4 aromatic carbocycles. The van der Waals surface area contributed by atoms with Crippen molar-refractivity contribution in [2.24, 2.45) is 5.41 Å². The van der Waals surface area contributed by atoms with Gasteiger partial charge in [0, 0.05) is 40.6 Å². The molecule has 53 heavy (non-hydrogen) atoms. The van der Waals surface area contributed by atoms with Gasteiger partial charge in [0.15, 0.2) is 5.78 Å². The molecular formula is C45H52ClFN2O4. The Balaban J connectivity index is 1.43. The monoisotopic (exact) mass is 738 g/mol. The normalized spacial score (nSPS) is 23.4. The molecule has 0 aromatic heterocycles. The number of ketones is 1. The predicted octanol–water partition coefficient (Wildman–Crippen LogP) is 9.72. The number of carbonyl (C=O) groups excluding carboxylic acids is 2. The van der Waals surface area contributed by atoms with E-state index in [1.165, 1.54) is 17.7 Å². The maximum absolute atomic E-state index is 15.0. The lowest BCUT2D eigenvalue weighted by Gasteiger charge is -2.46. The van der Waals surface area contributed by atoms with Crippen LogP contribution in [0.1, 0.15) is 105 Å². The van der Waals surface area contributed by atoms with Crippen molar-refractivity contribution in [3.63, 3.8) is 0 Å². The van der Waals surface area contributed by atoms with Crippen LogP contribution in [0.2, 0.25) is 5.02 Å². The summed E-state index contributed by atoms with van der Waals surface area (Å²) in [5, 5.41) is 29.4. The Morgan fingerprint density at radius 1 is 1.02 bits per heavy atom. The Bertz CT molecular complexity index is 1990. The lowest BCUT2D eigenvalue weighted by molar-refractivity contribution is -0.0780. The molecule has 3 N–H and O–H groups in total. The molecule has 3 aliphatic rings. The molecule has 0 aliphatic heterocycles. The molecule has 4 atom stereocenters. The van der Waals surface area contributed by atoms with E-state index in [-0.39, 0.29) is 47.3 Å². The molecule has 1 saturated carbocycles. The average Bonchev–Trinajstić information content (AvgIpc) is 3.37. The summed E-state index contributed by atoms with van der Waals surface area (Å²) in [7, 11) is 0. The number of carbonyl (C=O) groups is 2. The predicted molar refractivity (Wildman–Crippen MR) is 211 cm³/mol. The van der Waals surface area contributed by atoms with E-state index >= 15 is 0 Å². The number of aliphatic hydroxyl groups is 2. The smallest absolute Gasteiger partial charge is 0.317 e. The fourth-order valence-corrected chi connectivity index (χ4v) is 8.92. The molecule has 2 amide bonds. The molecule has 4 aromatic rings. The van der Waals surface area contributed by atoms with E-state index in [1.807, 2.05) is 56.3 Å². The molecule has 7 rings (SSSR count). The zero-order valence-electron chi connectivity index (χ0n) is 31.3. The van der Waals surface area contributed by atoms with Crippen LogP contribution in [0.15, 0.2) is 90.5 Å². The summed E-state index contributed by atoms with van der Waals surface area (Å²) in [4.78, 5) is 30.0. The highest BCUT2D eigenvalue weighted by atomic mass is 35.5. The standard InChI is InChI=1S/C45H52ClFN2O4/c1-29(2)48-43(52)49(27-33-13-7-12-32-11-5-6-14-35(32)33)28-45(53)23-21-39-36-20-18-31(24-34(50)19-17-30(3)10-9-22-44(39,45)4)25-37(36)42(51)26-38-40(46)15-8-16-41(38)47/h5-8,10-16,18,20,25,29,34,39,50,53H,9,17,19,21-24,26-28H2,1-4H3,(H,48,52). The number of fused-ring (bicyclic) bond motifs is 9. The van der Waals surface area contributed by atoms with Crippen LogP contribution in [-0.2, 0) is 19.4 Å². The van der Waals surface area contributed by atoms with Gasteiger partial charge in [-0.3, -0.25) is 4.79 Å². The molecule has 6 nitrogen and oxygen atoms in total. The van der Waals surface area contributed by atoms with Crippen molar-refractivity contribution in [3.8, 4) is 0 Å². The maximum Gasteiger partial charge on any atom is 0.317 e.